The lowest BCUT2D eigenvalue weighted by atomic mass is 9.79. The van der Waals surface area contributed by atoms with Gasteiger partial charge in [0.1, 0.15) is 11.5 Å². The Kier molecular flexibility index (Phi) is 11.7. The lowest BCUT2D eigenvalue weighted by Gasteiger charge is -2.30. The summed E-state index contributed by atoms with van der Waals surface area (Å²) in [7, 11) is -1.21. The van der Waals surface area contributed by atoms with E-state index in [9.17, 15) is 10.2 Å². The molecule has 0 bridgehead atoms. The van der Waals surface area contributed by atoms with Gasteiger partial charge in [-0.15, -0.1) is 0 Å². The van der Waals surface area contributed by atoms with Gasteiger partial charge in [-0.25, -0.2) is 0 Å². The maximum atomic E-state index is 11.8. The Labute approximate surface area is 294 Å². The van der Waals surface area contributed by atoms with Crippen LogP contribution in [0.15, 0.2) is 84.9 Å². The smallest absolute Gasteiger partial charge is 0.122 e. The summed E-state index contributed by atoms with van der Waals surface area (Å²) >= 11 is 0. The molecule has 0 saturated heterocycles. The third-order valence-electron chi connectivity index (χ3n) is 9.33. The van der Waals surface area contributed by atoms with Crippen LogP contribution in [0.3, 0.4) is 0 Å². The van der Waals surface area contributed by atoms with Gasteiger partial charge < -0.3 is 10.2 Å². The molecular formula is C44H60O2P2. The molecule has 0 heterocycles. The molecule has 0 amide bonds. The van der Waals surface area contributed by atoms with Crippen LogP contribution in [-0.2, 0) is 34.0 Å². The second-order valence-electron chi connectivity index (χ2n) is 17.6. The SMILES string of the molecule is CC(C)(C)c1cc(C[P@@](CC[P@](Cc2cc(C(C)(C)C)cc(C(C)(C)C)c2O)c2ccccc2)c2ccccc2)c(O)c(C(C)(C)C)c1. The average Bonchev–Trinajstić information content (AvgIpc) is 2.98. The molecule has 0 saturated carbocycles. The second-order valence-corrected chi connectivity index (χ2v) is 22.3. The molecule has 4 aromatic carbocycles. The quantitative estimate of drug-likeness (QED) is 0.173. The fraction of sp³-hybridized carbons (Fsp3) is 0.455. The molecular weight excluding hydrogens is 622 g/mol. The Morgan fingerprint density at radius 3 is 1.02 bits per heavy atom. The number of aromatic hydroxyl groups is 2. The summed E-state index contributed by atoms with van der Waals surface area (Å²) < 4.78 is 0. The van der Waals surface area contributed by atoms with E-state index >= 15 is 0 Å². The van der Waals surface area contributed by atoms with Gasteiger partial charge in [-0.1, -0.05) is 184 Å². The van der Waals surface area contributed by atoms with Crippen LogP contribution in [0.5, 0.6) is 11.5 Å². The highest BCUT2D eigenvalue weighted by atomic mass is 31.1. The van der Waals surface area contributed by atoms with Crippen molar-refractivity contribution in [3.05, 3.63) is 118 Å². The molecule has 0 aliphatic rings. The zero-order valence-corrected chi connectivity index (χ0v) is 33.5. The minimum atomic E-state index is -0.606. The third-order valence-corrected chi connectivity index (χ3v) is 14.7. The minimum Gasteiger partial charge on any atom is -0.507 e. The Balaban J connectivity index is 1.77. The van der Waals surface area contributed by atoms with Crippen molar-refractivity contribution < 1.29 is 10.2 Å². The number of phenolic OH excluding ortho intramolecular Hbond substituents is 2. The summed E-state index contributed by atoms with van der Waals surface area (Å²) in [5.74, 6) is 0.922. The van der Waals surface area contributed by atoms with Crippen molar-refractivity contribution in [2.75, 3.05) is 12.3 Å². The summed E-state index contributed by atoms with van der Waals surface area (Å²) in [6.07, 6.45) is 3.79. The first-order valence-corrected chi connectivity index (χ1v) is 20.9. The van der Waals surface area contributed by atoms with E-state index < -0.39 is 15.8 Å². The number of hydrogen-bond donors (Lipinski definition) is 2. The van der Waals surface area contributed by atoms with E-state index in [2.05, 4.69) is 168 Å². The second kappa shape index (κ2) is 14.7. The summed E-state index contributed by atoms with van der Waals surface area (Å²) in [6, 6.07) is 30.9. The molecule has 0 unspecified atom stereocenters. The highest BCUT2D eigenvalue weighted by Gasteiger charge is 2.29. The molecule has 0 spiro atoms. The maximum absolute atomic E-state index is 11.8. The molecule has 2 atom stereocenters. The first-order valence-electron chi connectivity index (χ1n) is 17.5. The van der Waals surface area contributed by atoms with Crippen LogP contribution in [0, 0.1) is 0 Å². The van der Waals surface area contributed by atoms with Gasteiger partial charge in [-0.05, 0) is 78.0 Å². The molecule has 0 aromatic heterocycles. The molecule has 4 aromatic rings. The van der Waals surface area contributed by atoms with Crippen LogP contribution in [0.4, 0.5) is 0 Å². The van der Waals surface area contributed by atoms with E-state index in [0.717, 1.165) is 46.9 Å². The lowest BCUT2D eigenvalue weighted by molar-refractivity contribution is 0.439. The van der Waals surface area contributed by atoms with Gasteiger partial charge >= 0.3 is 0 Å². The molecule has 4 rings (SSSR count). The first-order chi connectivity index (χ1) is 22.2. The predicted octanol–water partition coefficient (Wildman–Crippen LogP) is 11.6. The zero-order chi connectivity index (χ0) is 35.7. The largest absolute Gasteiger partial charge is 0.507 e. The van der Waals surface area contributed by atoms with Crippen molar-refractivity contribution in [3.63, 3.8) is 0 Å². The van der Waals surface area contributed by atoms with Crippen molar-refractivity contribution in [1.82, 2.24) is 0 Å². The molecule has 0 radical (unpaired) electrons. The van der Waals surface area contributed by atoms with E-state index in [-0.39, 0.29) is 21.7 Å². The van der Waals surface area contributed by atoms with Gasteiger partial charge in [-0.2, -0.15) is 0 Å². The van der Waals surface area contributed by atoms with Crippen LogP contribution in [0.2, 0.25) is 0 Å². The Morgan fingerprint density at radius 1 is 0.438 bits per heavy atom. The van der Waals surface area contributed by atoms with Gasteiger partial charge in [-0.3, -0.25) is 0 Å². The molecule has 0 fully saturated rings. The fourth-order valence-electron chi connectivity index (χ4n) is 6.17. The number of phenols is 2. The maximum Gasteiger partial charge on any atom is 0.122 e. The lowest BCUT2D eigenvalue weighted by Crippen LogP contribution is -2.18. The molecule has 258 valence electrons. The average molecular weight is 683 g/mol. The van der Waals surface area contributed by atoms with Crippen LogP contribution in [0.25, 0.3) is 0 Å². The van der Waals surface area contributed by atoms with Crippen LogP contribution < -0.4 is 10.6 Å². The number of hydrogen-bond acceptors (Lipinski definition) is 2. The predicted molar refractivity (Wildman–Crippen MR) is 214 cm³/mol. The van der Waals surface area contributed by atoms with Crippen molar-refractivity contribution in [2.45, 2.75) is 117 Å². The van der Waals surface area contributed by atoms with Crippen molar-refractivity contribution in [1.29, 1.82) is 0 Å². The summed E-state index contributed by atoms with van der Waals surface area (Å²) in [6.45, 7) is 26.7. The third kappa shape index (κ3) is 9.52. The van der Waals surface area contributed by atoms with Crippen LogP contribution >= 0.6 is 15.8 Å². The van der Waals surface area contributed by atoms with Crippen molar-refractivity contribution in [2.24, 2.45) is 0 Å². The van der Waals surface area contributed by atoms with Crippen molar-refractivity contribution >= 4 is 26.5 Å². The Bertz CT molecular complexity index is 1540. The normalized spacial score (nSPS) is 14.2. The van der Waals surface area contributed by atoms with E-state index in [4.69, 9.17) is 0 Å². The van der Waals surface area contributed by atoms with Crippen LogP contribution in [0.1, 0.15) is 116 Å². The monoisotopic (exact) mass is 682 g/mol. The summed E-state index contributed by atoms with van der Waals surface area (Å²) in [5.41, 5.74) is 6.39. The molecule has 2 N–H and O–H groups in total. The van der Waals surface area contributed by atoms with Gasteiger partial charge in [0.2, 0.25) is 0 Å². The number of rotatable bonds is 9. The molecule has 0 aliphatic carbocycles. The van der Waals surface area contributed by atoms with Gasteiger partial charge in [0.15, 0.2) is 0 Å². The van der Waals surface area contributed by atoms with Crippen molar-refractivity contribution in [3.8, 4) is 11.5 Å². The van der Waals surface area contributed by atoms with E-state index in [1.165, 1.54) is 21.7 Å². The van der Waals surface area contributed by atoms with Gasteiger partial charge in [0.25, 0.3) is 0 Å². The molecule has 4 heteroatoms. The highest BCUT2D eigenvalue weighted by Crippen LogP contribution is 2.50. The Hall–Kier alpha value is -2.66. The van der Waals surface area contributed by atoms with E-state index in [1.54, 1.807) is 0 Å². The summed E-state index contributed by atoms with van der Waals surface area (Å²) in [5, 5.41) is 26.3. The first kappa shape index (κ1) is 38.1. The molecule has 2 nitrogen and oxygen atoms in total. The van der Waals surface area contributed by atoms with Gasteiger partial charge in [0, 0.05) is 12.3 Å². The standard InChI is InChI=1S/C44H60O2P2/c1-41(2,3)33-25-31(39(45)37(27-33)43(7,8)9)29-47(35-19-15-13-16-20-35)23-24-48(36-21-17-14-18-22-36)30-32-26-34(42(4,5)6)28-38(40(32)46)44(10,11)12/h13-22,25-28,45-46H,23-24,29-30H2,1-12H3/t47-,48-/m1/s1. The minimum absolute atomic E-state index is 0.0188. The number of benzene rings is 4. The van der Waals surface area contributed by atoms with Gasteiger partial charge in [0.05, 0.1) is 0 Å². The Morgan fingerprint density at radius 2 is 0.750 bits per heavy atom. The van der Waals surface area contributed by atoms with Crippen LogP contribution in [-0.4, -0.2) is 22.5 Å². The van der Waals surface area contributed by atoms with E-state index in [0.29, 0.717) is 11.5 Å². The van der Waals surface area contributed by atoms with E-state index in [1.807, 2.05) is 0 Å². The molecule has 48 heavy (non-hydrogen) atoms. The molecule has 0 aliphatic heterocycles. The highest BCUT2D eigenvalue weighted by molar-refractivity contribution is 7.68. The topological polar surface area (TPSA) is 40.5 Å². The summed E-state index contributed by atoms with van der Waals surface area (Å²) in [4.78, 5) is 0. The fourth-order valence-corrected chi connectivity index (χ4v) is 11.8. The zero-order valence-electron chi connectivity index (χ0n) is 31.7.